The van der Waals surface area contributed by atoms with Crippen LogP contribution in [0.3, 0.4) is 0 Å². The van der Waals surface area contributed by atoms with E-state index < -0.39 is 10.0 Å². The molecule has 11 heteroatoms. The molecule has 198 valence electrons. The minimum Gasteiger partial charge on any atom is -0.376 e. The van der Waals surface area contributed by atoms with Gasteiger partial charge in [-0.15, -0.1) is 0 Å². The Hall–Kier alpha value is -2.07. The third kappa shape index (κ3) is 4.68. The number of benzene rings is 2. The molecule has 5 fully saturated rings. The maximum absolute atomic E-state index is 13.1. The molecule has 1 N–H and O–H groups in total. The van der Waals surface area contributed by atoms with Crippen LogP contribution in [0.4, 0.5) is 17.1 Å². The lowest BCUT2D eigenvalue weighted by molar-refractivity contribution is -0.384. The number of halogens is 2. The minimum absolute atomic E-state index is 0.0957. The molecule has 4 aliphatic carbocycles. The fraction of sp³-hybridized carbons (Fsp3) is 0.538. The number of hydrogen-bond donors (Lipinski definition) is 1. The molecule has 4 bridgehead atoms. The zero-order valence-corrected chi connectivity index (χ0v) is 22.7. The fourth-order valence-corrected chi connectivity index (χ4v) is 9.12. The number of anilines is 2. The molecule has 0 unspecified atom stereocenters. The predicted molar refractivity (Wildman–Crippen MR) is 145 cm³/mol. The van der Waals surface area contributed by atoms with Gasteiger partial charge >= 0.3 is 0 Å². The molecule has 2 aromatic rings. The second-order valence-corrected chi connectivity index (χ2v) is 13.8. The van der Waals surface area contributed by atoms with Gasteiger partial charge in [0.2, 0.25) is 10.0 Å². The number of sulfonamides is 1. The van der Waals surface area contributed by atoms with Gasteiger partial charge in [-0.25, -0.2) is 8.42 Å². The third-order valence-corrected chi connectivity index (χ3v) is 11.5. The zero-order valence-electron chi connectivity index (χ0n) is 20.4. The molecular formula is C26H30Cl2N4O4S. The maximum Gasteiger partial charge on any atom is 0.292 e. The van der Waals surface area contributed by atoms with Crippen molar-refractivity contribution in [2.24, 2.45) is 23.7 Å². The van der Waals surface area contributed by atoms with E-state index in [1.54, 1.807) is 12.1 Å². The highest BCUT2D eigenvalue weighted by Crippen LogP contribution is 2.54. The Bertz CT molecular complexity index is 1300. The van der Waals surface area contributed by atoms with Crippen LogP contribution in [0.1, 0.15) is 32.1 Å². The molecular weight excluding hydrogens is 535 g/mol. The molecule has 0 radical (unpaired) electrons. The Labute approximate surface area is 227 Å². The van der Waals surface area contributed by atoms with E-state index in [0.29, 0.717) is 48.7 Å². The van der Waals surface area contributed by atoms with Crippen LogP contribution in [-0.4, -0.2) is 49.9 Å². The van der Waals surface area contributed by atoms with Gasteiger partial charge in [-0.1, -0.05) is 23.2 Å². The smallest absolute Gasteiger partial charge is 0.292 e. The minimum atomic E-state index is -3.70. The summed E-state index contributed by atoms with van der Waals surface area (Å²) in [6.45, 7) is 1.57. The van der Waals surface area contributed by atoms with Crippen molar-refractivity contribution in [3.63, 3.8) is 0 Å². The summed E-state index contributed by atoms with van der Waals surface area (Å²) in [6.07, 6.45) is 6.28. The van der Waals surface area contributed by atoms with Crippen LogP contribution in [0.2, 0.25) is 10.0 Å². The van der Waals surface area contributed by atoms with E-state index in [1.807, 2.05) is 6.07 Å². The van der Waals surface area contributed by atoms with E-state index in [2.05, 4.69) is 10.2 Å². The molecule has 0 amide bonds. The van der Waals surface area contributed by atoms with Gasteiger partial charge in [0.1, 0.15) is 5.69 Å². The first-order valence-corrected chi connectivity index (χ1v) is 15.1. The van der Waals surface area contributed by atoms with Crippen LogP contribution in [-0.2, 0) is 10.0 Å². The summed E-state index contributed by atoms with van der Waals surface area (Å²) in [4.78, 5) is 13.7. The molecule has 5 aliphatic rings. The van der Waals surface area contributed by atoms with Gasteiger partial charge in [0, 0.05) is 44.0 Å². The molecule has 0 atom stereocenters. The van der Waals surface area contributed by atoms with E-state index in [1.165, 1.54) is 54.6 Å². The highest BCUT2D eigenvalue weighted by molar-refractivity contribution is 7.89. The molecule has 7 rings (SSSR count). The van der Waals surface area contributed by atoms with Crippen LogP contribution in [0, 0.1) is 33.8 Å². The average Bonchev–Trinajstić information content (AvgIpc) is 2.87. The Morgan fingerprint density at radius 1 is 0.865 bits per heavy atom. The van der Waals surface area contributed by atoms with Crippen molar-refractivity contribution in [3.8, 4) is 0 Å². The summed E-state index contributed by atoms with van der Waals surface area (Å²) in [5.74, 6) is 2.85. The van der Waals surface area contributed by atoms with Gasteiger partial charge < -0.3 is 10.2 Å². The van der Waals surface area contributed by atoms with Crippen molar-refractivity contribution in [2.45, 2.75) is 43.0 Å². The number of nitro groups is 1. The van der Waals surface area contributed by atoms with Gasteiger partial charge in [0.25, 0.3) is 5.69 Å². The fourth-order valence-electron chi connectivity index (χ4n) is 7.31. The van der Waals surface area contributed by atoms with Crippen LogP contribution < -0.4 is 10.2 Å². The van der Waals surface area contributed by atoms with E-state index in [4.69, 9.17) is 23.2 Å². The highest BCUT2D eigenvalue weighted by atomic mass is 35.5. The average molecular weight is 566 g/mol. The second-order valence-electron chi connectivity index (χ2n) is 11.0. The standard InChI is InChI=1S/C26H30Cl2N4O4S/c27-22-3-2-21(15-23(22)28)37(35,36)31-7-5-30(6-8-31)20-1-4-25(32(33)34)24(14-20)29-26-18-10-16-9-17(12-18)13-19(26)11-16/h1-4,14-19,26,29H,5-13H2. The first-order valence-electron chi connectivity index (χ1n) is 12.9. The van der Waals surface area contributed by atoms with E-state index >= 15 is 0 Å². The lowest BCUT2D eigenvalue weighted by Crippen LogP contribution is -2.51. The monoisotopic (exact) mass is 564 g/mol. The molecule has 4 saturated carbocycles. The van der Waals surface area contributed by atoms with E-state index in [0.717, 1.165) is 17.5 Å². The third-order valence-electron chi connectivity index (χ3n) is 8.86. The lowest BCUT2D eigenvalue weighted by atomic mass is 9.54. The van der Waals surface area contributed by atoms with Crippen LogP contribution in [0.25, 0.3) is 0 Å². The van der Waals surface area contributed by atoms with E-state index in [9.17, 15) is 18.5 Å². The van der Waals surface area contributed by atoms with Gasteiger partial charge in [-0.05, 0) is 86.1 Å². The van der Waals surface area contributed by atoms with Gasteiger partial charge in [0.15, 0.2) is 0 Å². The largest absolute Gasteiger partial charge is 0.376 e. The van der Waals surface area contributed by atoms with Crippen molar-refractivity contribution < 1.29 is 13.3 Å². The zero-order chi connectivity index (χ0) is 25.9. The quantitative estimate of drug-likeness (QED) is 0.359. The molecule has 1 aliphatic heterocycles. The SMILES string of the molecule is O=[N+]([O-])c1ccc(N2CCN(S(=O)(=O)c3ccc(Cl)c(Cl)c3)CC2)cc1NC1C2CC3CC(C2)CC1C3. The molecule has 2 aromatic carbocycles. The number of piperazine rings is 1. The summed E-state index contributed by atoms with van der Waals surface area (Å²) in [5.41, 5.74) is 1.53. The number of nitrogens with one attached hydrogen (secondary N) is 1. The maximum atomic E-state index is 13.1. The van der Waals surface area contributed by atoms with Gasteiger partial charge in [-0.3, -0.25) is 10.1 Å². The Morgan fingerprint density at radius 3 is 2.11 bits per heavy atom. The first kappa shape index (κ1) is 25.2. The first-order chi connectivity index (χ1) is 17.7. The normalized spacial score (nSPS) is 29.5. The van der Waals surface area contributed by atoms with Gasteiger partial charge in [0.05, 0.1) is 19.9 Å². The summed E-state index contributed by atoms with van der Waals surface area (Å²) in [7, 11) is -3.70. The number of nitrogens with zero attached hydrogens (tertiary/aromatic N) is 3. The lowest BCUT2D eigenvalue weighted by Gasteiger charge is -2.54. The van der Waals surface area contributed by atoms with Crippen molar-refractivity contribution in [2.75, 3.05) is 36.4 Å². The molecule has 37 heavy (non-hydrogen) atoms. The van der Waals surface area contributed by atoms with Gasteiger partial charge in [-0.2, -0.15) is 4.31 Å². The summed E-state index contributed by atoms with van der Waals surface area (Å²) >= 11 is 12.0. The summed E-state index contributed by atoms with van der Waals surface area (Å²) < 4.78 is 27.7. The Morgan fingerprint density at radius 2 is 1.51 bits per heavy atom. The molecule has 1 saturated heterocycles. The van der Waals surface area contributed by atoms with Crippen LogP contribution in [0.15, 0.2) is 41.3 Å². The Kier molecular flexibility index (Phi) is 6.54. The number of nitro benzene ring substituents is 1. The molecule has 1 heterocycles. The topological polar surface area (TPSA) is 95.8 Å². The van der Waals surface area contributed by atoms with Crippen molar-refractivity contribution in [3.05, 3.63) is 56.6 Å². The summed E-state index contributed by atoms with van der Waals surface area (Å²) in [5, 5.41) is 16.0. The second kappa shape index (κ2) is 9.59. The highest BCUT2D eigenvalue weighted by Gasteiger charge is 2.48. The predicted octanol–water partition coefficient (Wildman–Crippen LogP) is 5.65. The Balaban J connectivity index is 1.18. The number of hydrogen-bond acceptors (Lipinski definition) is 6. The van der Waals surface area contributed by atoms with Crippen LogP contribution >= 0.6 is 23.2 Å². The summed E-state index contributed by atoms with van der Waals surface area (Å²) in [6, 6.07) is 9.84. The van der Waals surface area contributed by atoms with Crippen molar-refractivity contribution in [1.82, 2.24) is 4.31 Å². The number of rotatable bonds is 6. The van der Waals surface area contributed by atoms with Crippen molar-refractivity contribution >= 4 is 50.3 Å². The van der Waals surface area contributed by atoms with E-state index in [-0.39, 0.29) is 26.6 Å². The molecule has 0 aromatic heterocycles. The molecule has 8 nitrogen and oxygen atoms in total. The van der Waals surface area contributed by atoms with Crippen LogP contribution in [0.5, 0.6) is 0 Å². The van der Waals surface area contributed by atoms with Crippen molar-refractivity contribution in [1.29, 1.82) is 0 Å². The molecule has 0 spiro atoms.